The maximum Gasteiger partial charge on any atom is 0.0638 e. The Morgan fingerprint density at radius 1 is 1.58 bits per heavy atom. The summed E-state index contributed by atoms with van der Waals surface area (Å²) in [5.41, 5.74) is 6.55. The van der Waals surface area contributed by atoms with Crippen LogP contribution in [0.25, 0.3) is 0 Å². The predicted octanol–water partition coefficient (Wildman–Crippen LogP) is 2.17. The van der Waals surface area contributed by atoms with E-state index in [4.69, 9.17) is 5.73 Å². The Morgan fingerprint density at radius 2 is 2.42 bits per heavy atom. The lowest BCUT2D eigenvalue weighted by Gasteiger charge is -2.02. The van der Waals surface area contributed by atoms with E-state index in [1.807, 2.05) is 17.8 Å². The van der Waals surface area contributed by atoms with Crippen molar-refractivity contribution in [2.75, 3.05) is 11.5 Å². The number of thioether (sulfide) groups is 1. The molecule has 3 heteroatoms. The maximum atomic E-state index is 5.74. The van der Waals surface area contributed by atoms with E-state index in [-0.39, 0.29) is 0 Å². The first-order valence-corrected chi connectivity index (χ1v) is 5.17. The van der Waals surface area contributed by atoms with Gasteiger partial charge in [-0.2, -0.15) is 0 Å². The molecule has 1 heterocycles. The van der Waals surface area contributed by atoms with Crippen LogP contribution in [0.4, 0.5) is 5.69 Å². The Balaban J connectivity index is 1.96. The van der Waals surface area contributed by atoms with Gasteiger partial charge in [0, 0.05) is 16.8 Å². The summed E-state index contributed by atoms with van der Waals surface area (Å²) in [6.07, 6.45) is 6.32. The first kappa shape index (κ1) is 7.92. The number of nitrogens with two attached hydrogens (primary N) is 1. The molecular weight excluding hydrogens is 168 g/mol. The van der Waals surface area contributed by atoms with Gasteiger partial charge in [0.1, 0.15) is 0 Å². The van der Waals surface area contributed by atoms with Crippen LogP contribution in [0.1, 0.15) is 12.8 Å². The molecule has 0 amide bonds. The molecule has 1 aromatic rings. The fourth-order valence-electron chi connectivity index (χ4n) is 1.02. The molecule has 0 aliphatic heterocycles. The molecule has 2 N–H and O–H groups in total. The lowest BCUT2D eigenvalue weighted by molar-refractivity contribution is 1.000. The Kier molecular flexibility index (Phi) is 2.21. The molecule has 12 heavy (non-hydrogen) atoms. The van der Waals surface area contributed by atoms with E-state index >= 15 is 0 Å². The summed E-state index contributed by atoms with van der Waals surface area (Å²) in [5.74, 6) is 2.16. The number of pyridine rings is 1. The molecule has 0 aromatic carbocycles. The fraction of sp³-hybridized carbons (Fsp3) is 0.444. The van der Waals surface area contributed by atoms with Crippen LogP contribution in [0.15, 0.2) is 23.4 Å². The van der Waals surface area contributed by atoms with Crippen LogP contribution in [0, 0.1) is 5.92 Å². The minimum atomic E-state index is 0.808. The number of rotatable bonds is 3. The largest absolute Gasteiger partial charge is 0.397 e. The van der Waals surface area contributed by atoms with Crippen LogP contribution in [0.5, 0.6) is 0 Å². The van der Waals surface area contributed by atoms with Crippen molar-refractivity contribution in [2.45, 2.75) is 17.7 Å². The highest BCUT2D eigenvalue weighted by atomic mass is 32.2. The highest BCUT2D eigenvalue weighted by Gasteiger charge is 2.21. The van der Waals surface area contributed by atoms with Gasteiger partial charge in [0.05, 0.1) is 11.9 Å². The van der Waals surface area contributed by atoms with E-state index in [1.54, 1.807) is 12.4 Å². The first-order valence-electron chi connectivity index (χ1n) is 4.18. The lowest BCUT2D eigenvalue weighted by atomic mass is 10.4. The van der Waals surface area contributed by atoms with Gasteiger partial charge >= 0.3 is 0 Å². The van der Waals surface area contributed by atoms with Crippen LogP contribution in [0.3, 0.4) is 0 Å². The Morgan fingerprint density at radius 3 is 3.08 bits per heavy atom. The minimum absolute atomic E-state index is 0.808. The van der Waals surface area contributed by atoms with E-state index < -0.39 is 0 Å². The van der Waals surface area contributed by atoms with Crippen molar-refractivity contribution in [3.63, 3.8) is 0 Å². The number of nitrogen functional groups attached to an aromatic ring is 1. The zero-order chi connectivity index (χ0) is 8.39. The number of hydrogen-bond acceptors (Lipinski definition) is 3. The summed E-state index contributed by atoms with van der Waals surface area (Å²) >= 11 is 1.85. The monoisotopic (exact) mass is 180 g/mol. The van der Waals surface area contributed by atoms with E-state index in [1.165, 1.54) is 23.5 Å². The molecule has 1 aromatic heterocycles. The molecular formula is C9H12N2S. The van der Waals surface area contributed by atoms with Crippen molar-refractivity contribution in [3.8, 4) is 0 Å². The van der Waals surface area contributed by atoms with E-state index in [0.717, 1.165) is 11.6 Å². The molecule has 1 saturated carbocycles. The standard InChI is InChI=1S/C9H12N2S/c10-8-5-11-4-3-9(8)12-6-7-1-2-7/h3-5,7H,1-2,6,10H2. The van der Waals surface area contributed by atoms with Gasteiger partial charge < -0.3 is 5.73 Å². The smallest absolute Gasteiger partial charge is 0.0638 e. The summed E-state index contributed by atoms with van der Waals surface area (Å²) < 4.78 is 0. The summed E-state index contributed by atoms with van der Waals surface area (Å²) in [7, 11) is 0. The summed E-state index contributed by atoms with van der Waals surface area (Å²) in [6, 6.07) is 1.99. The van der Waals surface area contributed by atoms with Crippen LogP contribution in [-0.4, -0.2) is 10.7 Å². The van der Waals surface area contributed by atoms with Gasteiger partial charge in [0.2, 0.25) is 0 Å². The fourth-order valence-corrected chi connectivity index (χ4v) is 2.14. The molecule has 1 aliphatic rings. The van der Waals surface area contributed by atoms with E-state index in [0.29, 0.717) is 0 Å². The molecule has 2 nitrogen and oxygen atoms in total. The van der Waals surface area contributed by atoms with Gasteiger partial charge in [-0.1, -0.05) is 0 Å². The van der Waals surface area contributed by atoms with Crippen LogP contribution < -0.4 is 5.73 Å². The van der Waals surface area contributed by atoms with Crippen LogP contribution in [0.2, 0.25) is 0 Å². The third-order valence-electron chi connectivity index (χ3n) is 1.98. The van der Waals surface area contributed by atoms with Gasteiger partial charge in [-0.3, -0.25) is 4.98 Å². The summed E-state index contributed by atoms with van der Waals surface area (Å²) in [6.45, 7) is 0. The van der Waals surface area contributed by atoms with Gasteiger partial charge in [-0.25, -0.2) is 0 Å². The van der Waals surface area contributed by atoms with Gasteiger partial charge in [-0.05, 0) is 24.8 Å². The zero-order valence-electron chi connectivity index (χ0n) is 6.86. The molecule has 0 bridgehead atoms. The molecule has 0 atom stereocenters. The molecule has 0 spiro atoms. The Hall–Kier alpha value is -0.700. The van der Waals surface area contributed by atoms with Crippen molar-refractivity contribution in [2.24, 2.45) is 5.92 Å². The highest BCUT2D eigenvalue weighted by molar-refractivity contribution is 7.99. The topological polar surface area (TPSA) is 38.9 Å². The number of nitrogens with zero attached hydrogens (tertiary/aromatic N) is 1. The first-order chi connectivity index (χ1) is 5.86. The second-order valence-corrected chi connectivity index (χ2v) is 4.23. The third-order valence-corrected chi connectivity index (χ3v) is 3.30. The molecule has 2 rings (SSSR count). The molecule has 64 valence electrons. The molecule has 1 fully saturated rings. The number of anilines is 1. The van der Waals surface area contributed by atoms with Gasteiger partial charge in [-0.15, -0.1) is 11.8 Å². The molecule has 0 saturated heterocycles. The maximum absolute atomic E-state index is 5.74. The van der Waals surface area contributed by atoms with Crippen molar-refractivity contribution in [3.05, 3.63) is 18.5 Å². The third kappa shape index (κ3) is 1.91. The molecule has 1 aliphatic carbocycles. The van der Waals surface area contributed by atoms with E-state index in [9.17, 15) is 0 Å². The average Bonchev–Trinajstić information content (AvgIpc) is 2.86. The predicted molar refractivity (Wildman–Crippen MR) is 52.1 cm³/mol. The lowest BCUT2D eigenvalue weighted by Crippen LogP contribution is -1.90. The Bertz CT molecular complexity index is 271. The highest BCUT2D eigenvalue weighted by Crippen LogP contribution is 2.36. The summed E-state index contributed by atoms with van der Waals surface area (Å²) in [5, 5.41) is 0. The van der Waals surface area contributed by atoms with Crippen LogP contribution >= 0.6 is 11.8 Å². The van der Waals surface area contributed by atoms with Gasteiger partial charge in [0.25, 0.3) is 0 Å². The minimum Gasteiger partial charge on any atom is -0.397 e. The zero-order valence-corrected chi connectivity index (χ0v) is 7.68. The van der Waals surface area contributed by atoms with Gasteiger partial charge in [0.15, 0.2) is 0 Å². The average molecular weight is 180 g/mol. The molecule has 0 unspecified atom stereocenters. The van der Waals surface area contributed by atoms with Crippen molar-refractivity contribution >= 4 is 17.4 Å². The van der Waals surface area contributed by atoms with E-state index in [2.05, 4.69) is 4.98 Å². The van der Waals surface area contributed by atoms with Crippen molar-refractivity contribution in [1.29, 1.82) is 0 Å². The van der Waals surface area contributed by atoms with Crippen molar-refractivity contribution in [1.82, 2.24) is 4.98 Å². The molecule has 0 radical (unpaired) electrons. The van der Waals surface area contributed by atoms with Crippen molar-refractivity contribution < 1.29 is 0 Å². The SMILES string of the molecule is Nc1cnccc1SCC1CC1. The number of aromatic nitrogens is 1. The second-order valence-electron chi connectivity index (χ2n) is 3.17. The number of hydrogen-bond donors (Lipinski definition) is 1. The normalized spacial score (nSPS) is 16.3. The quantitative estimate of drug-likeness (QED) is 0.724. The Labute approximate surface area is 76.6 Å². The van der Waals surface area contributed by atoms with Crippen LogP contribution in [-0.2, 0) is 0 Å². The second kappa shape index (κ2) is 3.35. The summed E-state index contributed by atoms with van der Waals surface area (Å²) in [4.78, 5) is 5.13.